The molecule has 0 heterocycles. The molecule has 0 bridgehead atoms. The third-order valence-electron chi connectivity index (χ3n) is 1.72. The molecule has 2 N–H and O–H groups in total. The number of carbonyl (C=O) groups excluding carboxylic acids is 1. The normalized spacial score (nSPS) is 14.1. The molecule has 0 aliphatic rings. The van der Waals surface area contributed by atoms with Gasteiger partial charge in [-0.15, -0.1) is 0 Å². The van der Waals surface area contributed by atoms with Crippen molar-refractivity contribution in [3.8, 4) is 0 Å². The van der Waals surface area contributed by atoms with Gasteiger partial charge in [0.05, 0.1) is 7.11 Å². The molecule has 0 aromatic heterocycles. The predicted molar refractivity (Wildman–Crippen MR) is 52.2 cm³/mol. The maximum Gasteiger partial charge on any atom is 0.324 e. The molecule has 0 radical (unpaired) electrons. The summed E-state index contributed by atoms with van der Waals surface area (Å²) in [5.41, 5.74) is 5.70. The van der Waals surface area contributed by atoms with Crippen LogP contribution in [0.25, 0.3) is 0 Å². The summed E-state index contributed by atoms with van der Waals surface area (Å²) in [6.07, 6.45) is 0. The molecule has 0 aromatic carbocycles. The number of esters is 1. The van der Waals surface area contributed by atoms with Crippen LogP contribution in [0.15, 0.2) is 0 Å². The van der Waals surface area contributed by atoms with Crippen LogP contribution in [0.4, 0.5) is 0 Å². The molecule has 0 aliphatic heterocycles. The van der Waals surface area contributed by atoms with Crippen LogP contribution in [0.2, 0.25) is 0 Å². The Morgan fingerprint density at radius 1 is 1.67 bits per heavy atom. The van der Waals surface area contributed by atoms with E-state index in [9.17, 15) is 4.79 Å². The van der Waals surface area contributed by atoms with Crippen molar-refractivity contribution in [3.05, 3.63) is 0 Å². The number of carbonyl (C=O) groups is 1. The average Bonchev–Trinajstić information content (AvgIpc) is 2.01. The molecule has 12 heavy (non-hydrogen) atoms. The molecule has 3 nitrogen and oxygen atoms in total. The maximum absolute atomic E-state index is 11.1. The largest absolute Gasteiger partial charge is 0.468 e. The van der Waals surface area contributed by atoms with E-state index in [2.05, 4.69) is 4.74 Å². The highest BCUT2D eigenvalue weighted by Gasteiger charge is 2.32. The topological polar surface area (TPSA) is 52.3 Å². The summed E-state index contributed by atoms with van der Waals surface area (Å²) < 4.78 is 4.32. The molecule has 0 amide bonds. The quantitative estimate of drug-likeness (QED) is 0.674. The highest BCUT2D eigenvalue weighted by molar-refractivity contribution is 8.00. The van der Waals surface area contributed by atoms with E-state index in [4.69, 9.17) is 5.73 Å². The fourth-order valence-corrected chi connectivity index (χ4v) is 1.89. The highest BCUT2D eigenvalue weighted by atomic mass is 32.2. The smallest absolute Gasteiger partial charge is 0.324 e. The summed E-state index contributed by atoms with van der Waals surface area (Å²) in [5, 5.41) is 0. The zero-order chi connectivity index (χ0) is 9.78. The summed E-state index contributed by atoms with van der Waals surface area (Å²) in [6.45, 7) is 5.93. The van der Waals surface area contributed by atoms with Crippen LogP contribution in [0.1, 0.15) is 20.8 Å². The van der Waals surface area contributed by atoms with Gasteiger partial charge >= 0.3 is 5.97 Å². The summed E-state index contributed by atoms with van der Waals surface area (Å²) in [5.74, 6) is 0.596. The highest BCUT2D eigenvalue weighted by Crippen LogP contribution is 2.27. The van der Waals surface area contributed by atoms with Gasteiger partial charge in [-0.2, -0.15) is 11.8 Å². The fraction of sp³-hybridized carbons (Fsp3) is 0.875. The second-order valence-corrected chi connectivity index (χ2v) is 4.96. The molecule has 72 valence electrons. The first-order valence-electron chi connectivity index (χ1n) is 3.93. The monoisotopic (exact) mass is 191 g/mol. The Balaban J connectivity index is 4.23. The number of methoxy groups -OCH3 is 1. The molecular weight excluding hydrogens is 174 g/mol. The van der Waals surface area contributed by atoms with E-state index in [0.29, 0.717) is 0 Å². The van der Waals surface area contributed by atoms with E-state index in [1.165, 1.54) is 7.11 Å². The van der Waals surface area contributed by atoms with Crippen LogP contribution < -0.4 is 5.73 Å². The first-order valence-corrected chi connectivity index (χ1v) is 4.91. The van der Waals surface area contributed by atoms with E-state index in [1.807, 2.05) is 20.8 Å². The summed E-state index contributed by atoms with van der Waals surface area (Å²) >= 11 is 1.66. The zero-order valence-corrected chi connectivity index (χ0v) is 8.90. The summed E-state index contributed by atoms with van der Waals surface area (Å²) in [4.78, 5) is 11.1. The van der Waals surface area contributed by atoms with Crippen LogP contribution in [0, 0.1) is 0 Å². The second-order valence-electron chi connectivity index (χ2n) is 3.04. The predicted octanol–water partition coefficient (Wildman–Crippen LogP) is 1.02. The lowest BCUT2D eigenvalue weighted by Gasteiger charge is -2.28. The van der Waals surface area contributed by atoms with Crippen LogP contribution >= 0.6 is 11.8 Å². The second kappa shape index (κ2) is 4.72. The number of rotatable bonds is 4. The van der Waals surface area contributed by atoms with E-state index < -0.39 is 6.04 Å². The molecule has 4 heteroatoms. The van der Waals surface area contributed by atoms with Gasteiger partial charge in [0.25, 0.3) is 0 Å². The van der Waals surface area contributed by atoms with Gasteiger partial charge < -0.3 is 10.5 Å². The van der Waals surface area contributed by atoms with Gasteiger partial charge in [0.2, 0.25) is 0 Å². The van der Waals surface area contributed by atoms with Crippen molar-refractivity contribution < 1.29 is 9.53 Å². The van der Waals surface area contributed by atoms with Crippen LogP contribution in [0.3, 0.4) is 0 Å². The van der Waals surface area contributed by atoms with Crippen molar-refractivity contribution in [1.29, 1.82) is 0 Å². The van der Waals surface area contributed by atoms with Gasteiger partial charge in [-0.1, -0.05) is 6.92 Å². The molecule has 0 aliphatic carbocycles. The van der Waals surface area contributed by atoms with Gasteiger partial charge in [0.1, 0.15) is 6.04 Å². The minimum absolute atomic E-state index is 0.248. The first kappa shape index (κ1) is 11.8. The fourth-order valence-electron chi connectivity index (χ4n) is 0.873. The lowest BCUT2D eigenvalue weighted by Crippen LogP contribution is -2.47. The van der Waals surface area contributed by atoms with Gasteiger partial charge in [0, 0.05) is 4.75 Å². The number of nitrogens with two attached hydrogens (primary N) is 1. The standard InChI is InChI=1S/C8H17NO2S/c1-5-12-8(2,3)6(9)7(10)11-4/h6H,5,9H2,1-4H3/t6-/m0/s1. The number of ether oxygens (including phenoxy) is 1. The molecule has 0 fully saturated rings. The van der Waals surface area contributed by atoms with Crippen molar-refractivity contribution in [2.75, 3.05) is 12.9 Å². The molecule has 0 aromatic rings. The van der Waals surface area contributed by atoms with Gasteiger partial charge in [-0.25, -0.2) is 0 Å². The summed E-state index contributed by atoms with van der Waals surface area (Å²) in [6, 6.07) is -0.549. The molecule has 0 saturated carbocycles. The number of hydrogen-bond acceptors (Lipinski definition) is 4. The van der Waals surface area contributed by atoms with E-state index in [1.54, 1.807) is 11.8 Å². The molecule has 0 rings (SSSR count). The minimum atomic E-state index is -0.549. The van der Waals surface area contributed by atoms with Crippen molar-refractivity contribution in [3.63, 3.8) is 0 Å². The molecule has 0 unspecified atom stereocenters. The lowest BCUT2D eigenvalue weighted by atomic mass is 10.1. The molecular formula is C8H17NO2S. The Labute approximate surface area is 78.0 Å². The van der Waals surface area contributed by atoms with Crippen molar-refractivity contribution in [2.45, 2.75) is 31.6 Å². The SMILES string of the molecule is CCSC(C)(C)[C@@H](N)C(=O)OC. The van der Waals surface area contributed by atoms with Crippen LogP contribution in [0.5, 0.6) is 0 Å². The molecule has 0 saturated heterocycles. The van der Waals surface area contributed by atoms with Crippen molar-refractivity contribution in [1.82, 2.24) is 0 Å². The number of hydrogen-bond donors (Lipinski definition) is 1. The van der Waals surface area contributed by atoms with E-state index in [0.717, 1.165) is 5.75 Å². The molecule has 1 atom stereocenters. The molecule has 0 spiro atoms. The third kappa shape index (κ3) is 3.03. The van der Waals surface area contributed by atoms with E-state index in [-0.39, 0.29) is 10.7 Å². The maximum atomic E-state index is 11.1. The van der Waals surface area contributed by atoms with Gasteiger partial charge in [-0.05, 0) is 19.6 Å². The lowest BCUT2D eigenvalue weighted by molar-refractivity contribution is -0.142. The Morgan fingerprint density at radius 3 is 2.50 bits per heavy atom. The Hall–Kier alpha value is -0.220. The Kier molecular flexibility index (Phi) is 4.63. The van der Waals surface area contributed by atoms with Crippen LogP contribution in [-0.4, -0.2) is 29.6 Å². The zero-order valence-electron chi connectivity index (χ0n) is 8.09. The van der Waals surface area contributed by atoms with Crippen molar-refractivity contribution >= 4 is 17.7 Å². The first-order chi connectivity index (χ1) is 5.45. The van der Waals surface area contributed by atoms with Crippen LogP contribution in [-0.2, 0) is 9.53 Å². The third-order valence-corrected chi connectivity index (χ3v) is 3.01. The minimum Gasteiger partial charge on any atom is -0.468 e. The Bertz CT molecular complexity index is 159. The summed E-state index contributed by atoms with van der Waals surface area (Å²) in [7, 11) is 1.36. The van der Waals surface area contributed by atoms with Crippen molar-refractivity contribution in [2.24, 2.45) is 5.73 Å². The van der Waals surface area contributed by atoms with Gasteiger partial charge in [-0.3, -0.25) is 4.79 Å². The number of thioether (sulfide) groups is 1. The average molecular weight is 191 g/mol. The Morgan fingerprint density at radius 2 is 2.17 bits per heavy atom. The van der Waals surface area contributed by atoms with Gasteiger partial charge in [0.15, 0.2) is 0 Å². The van der Waals surface area contributed by atoms with E-state index >= 15 is 0 Å².